The molecule has 35 heavy (non-hydrogen) atoms. The molecule has 0 saturated heterocycles. The first-order valence-corrected chi connectivity index (χ1v) is 15.0. The van der Waals surface area contributed by atoms with Crippen molar-refractivity contribution >= 4 is 42.4 Å². The number of carbonyl (C=O) groups excluding carboxylic acids is 1. The molecule has 0 unspecified atom stereocenters. The van der Waals surface area contributed by atoms with Crippen molar-refractivity contribution in [3.05, 3.63) is 64.7 Å². The number of benzene rings is 2. The fraction of sp³-hybridized carbons (Fsp3) is 0.385. The number of fused-ring (bicyclic) bond motifs is 1. The van der Waals surface area contributed by atoms with Crippen LogP contribution in [0, 0.1) is 0 Å². The Balaban J connectivity index is 1.58. The van der Waals surface area contributed by atoms with Gasteiger partial charge in [-0.3, -0.25) is 9.79 Å². The highest BCUT2D eigenvalue weighted by Gasteiger charge is 2.38. The number of hydrogen-bond donors (Lipinski definition) is 2. The van der Waals surface area contributed by atoms with Crippen LogP contribution in [0.3, 0.4) is 0 Å². The van der Waals surface area contributed by atoms with E-state index in [1.807, 2.05) is 0 Å². The summed E-state index contributed by atoms with van der Waals surface area (Å²) in [5, 5.41) is 2.61. The maximum Gasteiger partial charge on any atom is 0.269 e. The summed E-state index contributed by atoms with van der Waals surface area (Å²) in [6.45, 7) is 11.8. The van der Waals surface area contributed by atoms with E-state index >= 15 is 0 Å². The quantitative estimate of drug-likeness (QED) is 0.170. The van der Waals surface area contributed by atoms with E-state index in [4.69, 9.17) is 27.5 Å². The van der Waals surface area contributed by atoms with Gasteiger partial charge in [0.1, 0.15) is 22.4 Å². The van der Waals surface area contributed by atoms with E-state index in [0.717, 1.165) is 25.0 Å². The molecule has 0 aliphatic heterocycles. The average Bonchev–Trinajstić information content (AvgIpc) is 2.77. The van der Waals surface area contributed by atoms with Crippen molar-refractivity contribution in [1.82, 2.24) is 9.97 Å². The minimum Gasteiger partial charge on any atom is -0.543 e. The van der Waals surface area contributed by atoms with Crippen molar-refractivity contribution < 1.29 is 9.22 Å². The Bertz CT molecular complexity index is 1250. The number of primary amides is 1. The Morgan fingerprint density at radius 1 is 1.06 bits per heavy atom. The van der Waals surface area contributed by atoms with E-state index in [1.54, 1.807) is 0 Å². The molecule has 0 saturated carbocycles. The maximum atomic E-state index is 11.6. The topological polar surface area (TPSA) is 116 Å². The van der Waals surface area contributed by atoms with Gasteiger partial charge in [-0.25, -0.2) is 9.97 Å². The number of unbranched alkanes of at least 4 members (excludes halogenated alkanes) is 1. The van der Waals surface area contributed by atoms with E-state index in [2.05, 4.69) is 85.2 Å². The van der Waals surface area contributed by atoms with Gasteiger partial charge in [-0.15, -0.1) is 0 Å². The number of nitrogens with zero attached hydrogens (tertiary/aromatic N) is 3. The molecule has 0 spiro atoms. The van der Waals surface area contributed by atoms with Crippen LogP contribution in [-0.4, -0.2) is 36.6 Å². The second-order valence-electron chi connectivity index (χ2n) is 10.2. The Kier molecular flexibility index (Phi) is 8.17. The first-order valence-electron chi connectivity index (χ1n) is 11.7. The highest BCUT2D eigenvalue weighted by atomic mass is 35.5. The number of rotatable bonds is 9. The van der Waals surface area contributed by atoms with Crippen LogP contribution in [-0.2, 0) is 6.42 Å². The van der Waals surface area contributed by atoms with Crippen LogP contribution in [0.2, 0.25) is 23.3 Å². The van der Waals surface area contributed by atoms with Gasteiger partial charge in [0, 0.05) is 6.54 Å². The molecule has 0 aliphatic carbocycles. The van der Waals surface area contributed by atoms with Crippen LogP contribution in [0.1, 0.15) is 55.4 Å². The highest BCUT2D eigenvalue weighted by Crippen LogP contribution is 2.38. The highest BCUT2D eigenvalue weighted by molar-refractivity contribution is 6.74. The monoisotopic (exact) mass is 511 g/mol. The normalized spacial score (nSPS) is 12.7. The molecule has 4 N–H and O–H groups in total. The summed E-state index contributed by atoms with van der Waals surface area (Å²) in [5.74, 6) is 0.324. The largest absolute Gasteiger partial charge is 0.543 e. The average molecular weight is 512 g/mol. The van der Waals surface area contributed by atoms with Crippen LogP contribution in [0.15, 0.2) is 47.6 Å². The van der Waals surface area contributed by atoms with Gasteiger partial charge in [0.2, 0.25) is 8.32 Å². The molecule has 7 nitrogen and oxygen atoms in total. The first kappa shape index (κ1) is 26.6. The lowest BCUT2D eigenvalue weighted by molar-refractivity contribution is 0.0995. The van der Waals surface area contributed by atoms with E-state index in [0.29, 0.717) is 6.54 Å². The summed E-state index contributed by atoms with van der Waals surface area (Å²) in [5.41, 5.74) is 12.7. The Hall–Kier alpha value is -2.97. The maximum absolute atomic E-state index is 11.6. The van der Waals surface area contributed by atoms with Crippen molar-refractivity contribution in [2.45, 2.75) is 58.2 Å². The van der Waals surface area contributed by atoms with Crippen molar-refractivity contribution in [1.29, 1.82) is 0 Å². The SMILES string of the molecule is CC(C)(C)[Si](C)(C)Oc1ccc2cc(CCCCN=C(N)c3ncc(Cl)nc3C(N)=O)ccc2c1. The molecule has 0 bridgehead atoms. The standard InChI is InChI=1S/C26H34ClN5O2Si/c1-26(2,3)35(4,5)34-20-12-11-18-14-17(9-10-19(18)15-20)8-6-7-13-30-24(28)22-23(25(29)33)32-21(27)16-31-22/h9-12,14-16H,6-8,13H2,1-5H3,(H2,28,30)(H2,29,33). The number of amidine groups is 1. The van der Waals surface area contributed by atoms with Crippen molar-refractivity contribution in [2.24, 2.45) is 16.5 Å². The van der Waals surface area contributed by atoms with Crippen LogP contribution < -0.4 is 15.9 Å². The third-order valence-corrected chi connectivity index (χ3v) is 11.0. The van der Waals surface area contributed by atoms with Crippen molar-refractivity contribution in [3.63, 3.8) is 0 Å². The van der Waals surface area contributed by atoms with Gasteiger partial charge in [-0.1, -0.05) is 56.6 Å². The third kappa shape index (κ3) is 6.79. The van der Waals surface area contributed by atoms with Gasteiger partial charge in [0.05, 0.1) is 6.20 Å². The molecule has 1 heterocycles. The predicted molar refractivity (Wildman–Crippen MR) is 146 cm³/mol. The molecular formula is C26H34ClN5O2Si. The van der Waals surface area contributed by atoms with E-state index in [1.165, 1.54) is 22.5 Å². The minimum absolute atomic E-state index is 0.0742. The summed E-state index contributed by atoms with van der Waals surface area (Å²) in [6, 6.07) is 12.9. The summed E-state index contributed by atoms with van der Waals surface area (Å²) < 4.78 is 6.45. The molecule has 9 heteroatoms. The smallest absolute Gasteiger partial charge is 0.269 e. The summed E-state index contributed by atoms with van der Waals surface area (Å²) in [6.07, 6.45) is 4.03. The summed E-state index contributed by atoms with van der Waals surface area (Å²) >= 11 is 5.79. The van der Waals surface area contributed by atoms with Gasteiger partial charge in [-0.2, -0.15) is 0 Å². The van der Waals surface area contributed by atoms with Crippen molar-refractivity contribution in [2.75, 3.05) is 6.54 Å². The number of aliphatic imine (C=N–C) groups is 1. The lowest BCUT2D eigenvalue weighted by atomic mass is 10.0. The first-order chi connectivity index (χ1) is 16.4. The fourth-order valence-electron chi connectivity index (χ4n) is 3.38. The van der Waals surface area contributed by atoms with Crippen LogP contribution in [0.5, 0.6) is 5.75 Å². The number of aryl methyl sites for hydroxylation is 1. The zero-order valence-corrected chi connectivity index (χ0v) is 22.8. The number of hydrogen-bond acceptors (Lipinski definition) is 5. The van der Waals surface area contributed by atoms with Gasteiger partial charge in [0.25, 0.3) is 5.91 Å². The number of amides is 1. The molecule has 0 atom stereocenters. The molecule has 0 radical (unpaired) electrons. The number of aromatic nitrogens is 2. The Morgan fingerprint density at radius 2 is 1.74 bits per heavy atom. The van der Waals surface area contributed by atoms with Gasteiger partial charge < -0.3 is 15.9 Å². The summed E-state index contributed by atoms with van der Waals surface area (Å²) in [7, 11) is -1.87. The lowest BCUT2D eigenvalue weighted by Crippen LogP contribution is -2.43. The molecule has 1 aromatic heterocycles. The Morgan fingerprint density at radius 3 is 2.43 bits per heavy atom. The summed E-state index contributed by atoms with van der Waals surface area (Å²) in [4.78, 5) is 23.9. The van der Waals surface area contributed by atoms with Gasteiger partial charge in [-0.05, 0) is 65.9 Å². The van der Waals surface area contributed by atoms with E-state index in [9.17, 15) is 4.79 Å². The van der Waals surface area contributed by atoms with E-state index < -0.39 is 14.2 Å². The molecule has 3 aromatic rings. The third-order valence-electron chi connectivity index (χ3n) is 6.43. The van der Waals surface area contributed by atoms with Crippen LogP contribution >= 0.6 is 11.6 Å². The fourth-order valence-corrected chi connectivity index (χ4v) is 4.54. The number of carbonyl (C=O) groups is 1. The van der Waals surface area contributed by atoms with Crippen molar-refractivity contribution in [3.8, 4) is 5.75 Å². The zero-order valence-electron chi connectivity index (χ0n) is 21.1. The second-order valence-corrected chi connectivity index (χ2v) is 15.3. The van der Waals surface area contributed by atoms with E-state index in [-0.39, 0.29) is 27.4 Å². The molecular weight excluding hydrogens is 478 g/mol. The van der Waals surface area contributed by atoms with Gasteiger partial charge >= 0.3 is 0 Å². The number of nitrogens with two attached hydrogens (primary N) is 2. The Labute approximate surface area is 213 Å². The van der Waals surface area contributed by atoms with Crippen LogP contribution in [0.25, 0.3) is 10.8 Å². The molecule has 186 valence electrons. The molecule has 1 amide bonds. The minimum atomic E-state index is -1.87. The predicted octanol–water partition coefficient (Wildman–Crippen LogP) is 5.49. The zero-order chi connectivity index (χ0) is 25.8. The second kappa shape index (κ2) is 10.7. The van der Waals surface area contributed by atoms with Gasteiger partial charge in [0.15, 0.2) is 5.69 Å². The molecule has 2 aromatic carbocycles. The molecule has 3 rings (SSSR count). The van der Waals surface area contributed by atoms with Crippen LogP contribution in [0.4, 0.5) is 0 Å². The molecule has 0 aliphatic rings. The molecule has 0 fully saturated rings. The number of halogens is 1. The lowest BCUT2D eigenvalue weighted by Gasteiger charge is -2.36.